The third-order valence-electron chi connectivity index (χ3n) is 14.9. The minimum atomic E-state index is -2.43. The highest BCUT2D eigenvalue weighted by molar-refractivity contribution is 6.39. The molecule has 1 saturated carbocycles. The molecule has 2 saturated heterocycles. The summed E-state index contributed by atoms with van der Waals surface area (Å²) in [7, 11) is 4.58. The van der Waals surface area contributed by atoms with E-state index in [2.05, 4.69) is 0 Å². The van der Waals surface area contributed by atoms with E-state index < -0.39 is 77.8 Å². The fourth-order valence-corrected chi connectivity index (χ4v) is 10.5. The van der Waals surface area contributed by atoms with Crippen LogP contribution >= 0.6 is 0 Å². The van der Waals surface area contributed by atoms with Crippen LogP contribution in [0.3, 0.4) is 0 Å². The number of carbonyl (C=O) groups excluding carboxylic acids is 5. The number of ketones is 3. The first kappa shape index (κ1) is 57.2. The van der Waals surface area contributed by atoms with Crippen molar-refractivity contribution in [2.45, 2.75) is 180 Å². The number of cyclic esters (lactones) is 1. The van der Waals surface area contributed by atoms with Gasteiger partial charge in [-0.3, -0.25) is 19.2 Å². The molecule has 384 valence electrons. The minimum absolute atomic E-state index is 0.0158. The standard InChI is InChI=1S/C53H83NO14/c1-32-16-12-11-13-17-33(2)44(63-8)30-40-21-19-38(7)53(62,68-40)50(59)51(60)54-23-15-14-18-41(54)52(61)67-45(35(4)28-39-20-22-43(66-25-24-55)46(29-39)64-9)31-42(56)34(3)27-37(6)48(58)49(65-10)47(57)36(5)26-32/h11-13,16-17,27,32,34-36,38-41,43-46,48-49,55,58,62H,14-15,18-26,28-31H2,1-10H3/b13-11?,16-12+,33-17?,37-27+/t32-,34-,35-,36-,38-,39+,40+,41+,43?,44?,45+,46?,48?,49?,53?/m1/s1. The Morgan fingerprint density at radius 2 is 1.59 bits per heavy atom. The normalized spacial score (nSPS) is 37.9. The van der Waals surface area contributed by atoms with Crippen LogP contribution in [0.25, 0.3) is 0 Å². The van der Waals surface area contributed by atoms with Crippen molar-refractivity contribution in [1.82, 2.24) is 4.90 Å². The van der Waals surface area contributed by atoms with Crippen molar-refractivity contribution in [3.63, 3.8) is 0 Å². The SMILES string of the molecule is COC1C[C@@H]2CC[C@@H](C)C(O)(O2)C(=O)C(=O)N2CCCC[C@H]2C(=O)O[C@H]([C@H](C)C[C@@H]2CCC(OCCO)C(OC)C2)CC(=O)[C@H](C)/C=C(\C)C(O)C(OC)C(=O)[C@H](C)C[C@H](C)/C=C/C=CC=C1C. The van der Waals surface area contributed by atoms with Gasteiger partial charge in [0.15, 0.2) is 5.78 Å². The molecule has 15 heteroatoms. The molecule has 3 heterocycles. The van der Waals surface area contributed by atoms with E-state index in [1.807, 2.05) is 58.1 Å². The zero-order valence-electron chi connectivity index (χ0n) is 42.4. The Morgan fingerprint density at radius 1 is 0.853 bits per heavy atom. The molecular weight excluding hydrogens is 875 g/mol. The van der Waals surface area contributed by atoms with Crippen LogP contribution in [0.1, 0.15) is 126 Å². The second-order valence-corrected chi connectivity index (χ2v) is 20.2. The van der Waals surface area contributed by atoms with Crippen LogP contribution in [0.4, 0.5) is 0 Å². The molecule has 0 spiro atoms. The molecule has 3 aliphatic heterocycles. The number of piperidine rings is 1. The third-order valence-corrected chi connectivity index (χ3v) is 14.9. The first-order valence-corrected chi connectivity index (χ1v) is 25.0. The highest BCUT2D eigenvalue weighted by Gasteiger charge is 2.53. The summed E-state index contributed by atoms with van der Waals surface area (Å²) in [5.74, 6) is -7.96. The lowest BCUT2D eigenvalue weighted by Gasteiger charge is -2.42. The number of fused-ring (bicyclic) bond motifs is 3. The monoisotopic (exact) mass is 958 g/mol. The van der Waals surface area contributed by atoms with Crippen molar-refractivity contribution >= 4 is 29.2 Å². The van der Waals surface area contributed by atoms with Crippen molar-refractivity contribution < 1.29 is 67.7 Å². The number of nitrogens with zero attached hydrogens (tertiary/aromatic N) is 1. The van der Waals surface area contributed by atoms with E-state index >= 15 is 0 Å². The van der Waals surface area contributed by atoms with Crippen molar-refractivity contribution in [2.75, 3.05) is 41.1 Å². The molecule has 15 nitrogen and oxygen atoms in total. The topological polar surface area (TPSA) is 205 Å². The average molecular weight is 958 g/mol. The van der Waals surface area contributed by atoms with Crippen molar-refractivity contribution in [2.24, 2.45) is 35.5 Å². The summed E-state index contributed by atoms with van der Waals surface area (Å²) >= 11 is 0. The summed E-state index contributed by atoms with van der Waals surface area (Å²) < 4.78 is 35.6. The molecule has 3 N–H and O–H groups in total. The lowest BCUT2D eigenvalue weighted by atomic mass is 9.78. The van der Waals surface area contributed by atoms with Gasteiger partial charge in [-0.15, -0.1) is 0 Å². The van der Waals surface area contributed by atoms with Gasteiger partial charge in [0.25, 0.3) is 11.7 Å². The lowest BCUT2D eigenvalue weighted by Crippen LogP contribution is -2.61. The maximum absolute atomic E-state index is 14.5. The predicted molar refractivity (Wildman–Crippen MR) is 256 cm³/mol. The number of allylic oxidation sites excluding steroid dienone is 6. The van der Waals surface area contributed by atoms with Gasteiger partial charge in [0.2, 0.25) is 5.79 Å². The predicted octanol–water partition coefficient (Wildman–Crippen LogP) is 6.20. The van der Waals surface area contributed by atoms with Crippen LogP contribution in [0.5, 0.6) is 0 Å². The molecule has 0 radical (unpaired) electrons. The maximum Gasteiger partial charge on any atom is 0.329 e. The first-order valence-electron chi connectivity index (χ1n) is 25.0. The summed E-state index contributed by atoms with van der Waals surface area (Å²) in [6.07, 6.45) is 12.0. The Balaban J connectivity index is 1.70. The van der Waals surface area contributed by atoms with E-state index in [-0.39, 0.29) is 74.1 Å². The Kier molecular flexibility index (Phi) is 22.9. The van der Waals surface area contributed by atoms with Gasteiger partial charge >= 0.3 is 5.97 Å². The molecule has 0 aromatic heterocycles. The molecule has 0 aromatic carbocycles. The number of ether oxygens (including phenoxy) is 6. The van der Waals surface area contributed by atoms with Gasteiger partial charge < -0.3 is 48.6 Å². The number of amides is 1. The van der Waals surface area contributed by atoms with Crippen LogP contribution in [0.2, 0.25) is 0 Å². The second kappa shape index (κ2) is 27.3. The molecular formula is C53H83NO14. The summed E-state index contributed by atoms with van der Waals surface area (Å²) in [6.45, 7) is 12.9. The van der Waals surface area contributed by atoms with Gasteiger partial charge in [0, 0.05) is 58.5 Å². The van der Waals surface area contributed by atoms with Crippen LogP contribution in [-0.2, 0) is 52.4 Å². The molecule has 15 atom stereocenters. The van der Waals surface area contributed by atoms with Gasteiger partial charge in [-0.25, -0.2) is 4.79 Å². The van der Waals surface area contributed by atoms with Gasteiger partial charge in [-0.1, -0.05) is 71.1 Å². The molecule has 68 heavy (non-hydrogen) atoms. The van der Waals surface area contributed by atoms with Gasteiger partial charge in [-0.2, -0.15) is 0 Å². The summed E-state index contributed by atoms with van der Waals surface area (Å²) in [4.78, 5) is 72.1. The number of aliphatic hydroxyl groups excluding tert-OH is 2. The third kappa shape index (κ3) is 15.3. The zero-order valence-corrected chi connectivity index (χ0v) is 42.4. The van der Waals surface area contributed by atoms with E-state index in [9.17, 15) is 39.3 Å². The largest absolute Gasteiger partial charge is 0.460 e. The van der Waals surface area contributed by atoms with E-state index in [1.165, 1.54) is 12.0 Å². The highest BCUT2D eigenvalue weighted by atomic mass is 16.6. The molecule has 1 aliphatic carbocycles. The molecule has 3 fully saturated rings. The first-order chi connectivity index (χ1) is 32.3. The summed E-state index contributed by atoms with van der Waals surface area (Å²) in [5.41, 5.74) is 1.26. The number of aliphatic hydroxyl groups is 3. The Bertz CT molecular complexity index is 1810. The molecule has 2 bridgehead atoms. The number of Topliss-reactive ketones (excluding diaryl/α,β-unsaturated/α-hetero) is 3. The quantitative estimate of drug-likeness (QED) is 0.134. The van der Waals surface area contributed by atoms with Crippen molar-refractivity contribution in [3.8, 4) is 0 Å². The molecule has 0 aromatic rings. The number of esters is 1. The van der Waals surface area contributed by atoms with Crippen molar-refractivity contribution in [1.29, 1.82) is 0 Å². The highest BCUT2D eigenvalue weighted by Crippen LogP contribution is 2.38. The fraction of sp³-hybridized carbons (Fsp3) is 0.755. The van der Waals surface area contributed by atoms with Gasteiger partial charge in [0.05, 0.1) is 37.6 Å². The van der Waals surface area contributed by atoms with Crippen LogP contribution < -0.4 is 0 Å². The van der Waals surface area contributed by atoms with Crippen molar-refractivity contribution in [3.05, 3.63) is 47.6 Å². The Hall–Kier alpha value is -3.41. The molecule has 4 aliphatic rings. The Labute approximate surface area is 405 Å². The fourth-order valence-electron chi connectivity index (χ4n) is 10.5. The molecule has 4 rings (SSSR count). The molecule has 6 unspecified atom stereocenters. The zero-order chi connectivity index (χ0) is 50.3. The van der Waals surface area contributed by atoms with Crippen LogP contribution in [0, 0.1) is 35.5 Å². The second-order valence-electron chi connectivity index (χ2n) is 20.2. The number of rotatable bonds is 9. The van der Waals surface area contributed by atoms with Gasteiger partial charge in [0.1, 0.15) is 30.1 Å². The Morgan fingerprint density at radius 3 is 2.26 bits per heavy atom. The number of methoxy groups -OCH3 is 3. The van der Waals surface area contributed by atoms with E-state index in [1.54, 1.807) is 41.1 Å². The van der Waals surface area contributed by atoms with E-state index in [0.717, 1.165) is 12.0 Å². The maximum atomic E-state index is 14.5. The number of hydrogen-bond acceptors (Lipinski definition) is 14. The van der Waals surface area contributed by atoms with E-state index in [4.69, 9.17) is 28.4 Å². The van der Waals surface area contributed by atoms with E-state index in [0.29, 0.717) is 63.4 Å². The number of carbonyl (C=O) groups is 5. The lowest BCUT2D eigenvalue weighted by molar-refractivity contribution is -0.265. The van der Waals surface area contributed by atoms with Crippen LogP contribution in [-0.4, -0.2) is 145 Å². The summed E-state index contributed by atoms with van der Waals surface area (Å²) in [5, 5.41) is 32.8. The summed E-state index contributed by atoms with van der Waals surface area (Å²) in [6, 6.07) is -1.14. The molecule has 1 amide bonds. The number of hydrogen-bond donors (Lipinski definition) is 3. The average Bonchev–Trinajstić information content (AvgIpc) is 3.32. The smallest absolute Gasteiger partial charge is 0.329 e. The van der Waals surface area contributed by atoms with Gasteiger partial charge in [-0.05, 0) is 107 Å². The minimum Gasteiger partial charge on any atom is -0.460 e. The van der Waals surface area contributed by atoms with Crippen LogP contribution in [0.15, 0.2) is 47.6 Å².